The van der Waals surface area contributed by atoms with E-state index in [1.165, 1.54) is 16.9 Å². The first-order chi connectivity index (χ1) is 12.9. The highest BCUT2D eigenvalue weighted by Gasteiger charge is 2.35. The van der Waals surface area contributed by atoms with Gasteiger partial charge in [0.25, 0.3) is 5.91 Å². The summed E-state index contributed by atoms with van der Waals surface area (Å²) < 4.78 is 40.6. The molecular weight excluding hydrogens is 393 g/mol. The van der Waals surface area contributed by atoms with Gasteiger partial charge in [-0.1, -0.05) is 6.07 Å². The van der Waals surface area contributed by atoms with Crippen molar-refractivity contribution in [3.05, 3.63) is 47.3 Å². The van der Waals surface area contributed by atoms with E-state index in [2.05, 4.69) is 15.7 Å². The van der Waals surface area contributed by atoms with E-state index in [-0.39, 0.29) is 30.3 Å². The Balaban J connectivity index is 0.00000225. The lowest BCUT2D eigenvalue weighted by Crippen LogP contribution is -2.45. The topological polar surface area (TPSA) is 59.0 Å². The Kier molecular flexibility index (Phi) is 6.00. The SMILES string of the molecule is Cl.O=C(NC1CCCNC1)c1cnn(-c2cccc(C(F)(F)F)c2)c1C1CC1. The second kappa shape index (κ2) is 8.13. The number of nitrogens with one attached hydrogen (secondary N) is 2. The number of aromatic nitrogens is 2. The summed E-state index contributed by atoms with van der Waals surface area (Å²) >= 11 is 0. The maximum atomic E-state index is 13.0. The molecule has 1 unspecified atom stereocenters. The van der Waals surface area contributed by atoms with Crippen LogP contribution in [0.4, 0.5) is 13.2 Å². The summed E-state index contributed by atoms with van der Waals surface area (Å²) in [5.41, 5.74) is 0.762. The third-order valence-electron chi connectivity index (χ3n) is 5.07. The normalized spacial score (nSPS) is 19.8. The Hall–Kier alpha value is -2.06. The first kappa shape index (κ1) is 20.7. The van der Waals surface area contributed by atoms with E-state index in [4.69, 9.17) is 0 Å². The smallest absolute Gasteiger partial charge is 0.348 e. The molecule has 1 aromatic heterocycles. The highest BCUT2D eigenvalue weighted by atomic mass is 35.5. The van der Waals surface area contributed by atoms with Gasteiger partial charge in [-0.25, -0.2) is 4.68 Å². The van der Waals surface area contributed by atoms with Crippen LogP contribution in [0.2, 0.25) is 0 Å². The Labute approximate surface area is 167 Å². The molecule has 1 saturated heterocycles. The van der Waals surface area contributed by atoms with Crippen molar-refractivity contribution < 1.29 is 18.0 Å². The number of carbonyl (C=O) groups is 1. The van der Waals surface area contributed by atoms with Crippen LogP contribution in [0.5, 0.6) is 0 Å². The molecule has 28 heavy (non-hydrogen) atoms. The molecule has 1 amide bonds. The molecule has 2 heterocycles. The van der Waals surface area contributed by atoms with Crippen molar-refractivity contribution in [1.29, 1.82) is 0 Å². The number of piperidine rings is 1. The van der Waals surface area contributed by atoms with Gasteiger partial charge < -0.3 is 10.6 Å². The van der Waals surface area contributed by atoms with Crippen LogP contribution in [0.15, 0.2) is 30.5 Å². The molecule has 1 aromatic carbocycles. The fourth-order valence-electron chi connectivity index (χ4n) is 3.54. The van der Waals surface area contributed by atoms with Gasteiger partial charge in [-0.2, -0.15) is 18.3 Å². The maximum Gasteiger partial charge on any atom is 0.416 e. The molecule has 0 spiro atoms. The van der Waals surface area contributed by atoms with Gasteiger partial charge >= 0.3 is 6.18 Å². The van der Waals surface area contributed by atoms with Crippen LogP contribution in [0.3, 0.4) is 0 Å². The fraction of sp³-hybridized carbons (Fsp3) is 0.474. The van der Waals surface area contributed by atoms with E-state index in [1.54, 1.807) is 6.07 Å². The van der Waals surface area contributed by atoms with Gasteiger partial charge in [-0.3, -0.25) is 4.79 Å². The molecule has 152 valence electrons. The van der Waals surface area contributed by atoms with Crippen molar-refractivity contribution in [3.63, 3.8) is 0 Å². The number of nitrogens with zero attached hydrogens (tertiary/aromatic N) is 2. The van der Waals surface area contributed by atoms with Crippen LogP contribution in [0, 0.1) is 0 Å². The highest BCUT2D eigenvalue weighted by molar-refractivity contribution is 5.95. The summed E-state index contributed by atoms with van der Waals surface area (Å²) in [6.45, 7) is 1.68. The number of amides is 1. The highest BCUT2D eigenvalue weighted by Crippen LogP contribution is 2.42. The molecule has 1 aliphatic heterocycles. The molecule has 5 nitrogen and oxygen atoms in total. The third kappa shape index (κ3) is 4.33. The summed E-state index contributed by atoms with van der Waals surface area (Å²) in [6, 6.07) is 5.12. The zero-order valence-corrected chi connectivity index (χ0v) is 15.9. The zero-order valence-electron chi connectivity index (χ0n) is 15.1. The molecule has 4 rings (SSSR count). The monoisotopic (exact) mass is 414 g/mol. The molecule has 1 atom stereocenters. The maximum absolute atomic E-state index is 13.0. The minimum absolute atomic E-state index is 0. The summed E-state index contributed by atoms with van der Waals surface area (Å²) in [7, 11) is 0. The van der Waals surface area contributed by atoms with Crippen molar-refractivity contribution >= 4 is 18.3 Å². The first-order valence-electron chi connectivity index (χ1n) is 9.20. The average Bonchev–Trinajstić information content (AvgIpc) is 3.39. The van der Waals surface area contributed by atoms with E-state index in [0.29, 0.717) is 16.9 Å². The predicted molar refractivity (Wildman–Crippen MR) is 101 cm³/mol. The van der Waals surface area contributed by atoms with E-state index in [9.17, 15) is 18.0 Å². The summed E-state index contributed by atoms with van der Waals surface area (Å²) in [6.07, 6.45) is 0.797. The molecule has 2 fully saturated rings. The van der Waals surface area contributed by atoms with E-state index >= 15 is 0 Å². The second-order valence-electron chi connectivity index (χ2n) is 7.19. The fourth-order valence-corrected chi connectivity index (χ4v) is 3.54. The molecule has 2 N–H and O–H groups in total. The quantitative estimate of drug-likeness (QED) is 0.802. The van der Waals surface area contributed by atoms with E-state index < -0.39 is 11.7 Å². The largest absolute Gasteiger partial charge is 0.416 e. The zero-order chi connectivity index (χ0) is 19.0. The van der Waals surface area contributed by atoms with Crippen molar-refractivity contribution in [1.82, 2.24) is 20.4 Å². The van der Waals surface area contributed by atoms with Crippen molar-refractivity contribution in [2.24, 2.45) is 0 Å². The van der Waals surface area contributed by atoms with E-state index in [1.807, 2.05) is 0 Å². The van der Waals surface area contributed by atoms with Crippen LogP contribution in [-0.4, -0.2) is 34.8 Å². The molecule has 1 saturated carbocycles. The molecule has 2 aliphatic rings. The lowest BCUT2D eigenvalue weighted by Gasteiger charge is -2.23. The molecule has 0 radical (unpaired) electrons. The number of carbonyl (C=O) groups excluding carboxylic acids is 1. The van der Waals surface area contributed by atoms with Crippen LogP contribution in [0.25, 0.3) is 5.69 Å². The molecule has 1 aliphatic carbocycles. The minimum Gasteiger partial charge on any atom is -0.348 e. The number of alkyl halides is 3. The van der Waals surface area contributed by atoms with Gasteiger partial charge in [0.1, 0.15) is 0 Å². The van der Waals surface area contributed by atoms with Crippen LogP contribution in [-0.2, 0) is 6.18 Å². The Morgan fingerprint density at radius 1 is 1.25 bits per heavy atom. The van der Waals surface area contributed by atoms with Gasteiger partial charge in [0.2, 0.25) is 0 Å². The molecular formula is C19H22ClF3N4O. The first-order valence-corrected chi connectivity index (χ1v) is 9.20. The van der Waals surface area contributed by atoms with Gasteiger partial charge in [0, 0.05) is 18.5 Å². The number of hydrogen-bond acceptors (Lipinski definition) is 3. The van der Waals surface area contributed by atoms with Gasteiger partial charge in [-0.05, 0) is 50.4 Å². The minimum atomic E-state index is -4.42. The number of rotatable bonds is 4. The lowest BCUT2D eigenvalue weighted by molar-refractivity contribution is -0.137. The Bertz CT molecular complexity index is 842. The summed E-state index contributed by atoms with van der Waals surface area (Å²) in [5.74, 6) is -0.0453. The number of halogens is 4. The Morgan fingerprint density at radius 3 is 2.68 bits per heavy atom. The molecule has 9 heteroatoms. The van der Waals surface area contributed by atoms with E-state index in [0.717, 1.165) is 50.9 Å². The van der Waals surface area contributed by atoms with Gasteiger partial charge in [0.05, 0.1) is 28.7 Å². The number of hydrogen-bond donors (Lipinski definition) is 2. The number of benzene rings is 1. The van der Waals surface area contributed by atoms with Crippen LogP contribution < -0.4 is 10.6 Å². The van der Waals surface area contributed by atoms with Crippen LogP contribution in [0.1, 0.15) is 53.2 Å². The Morgan fingerprint density at radius 2 is 2.04 bits per heavy atom. The standard InChI is InChI=1S/C19H21F3N4O.ClH/c20-19(21,22)13-3-1-5-15(9-13)26-17(12-6-7-12)16(11-24-26)18(27)25-14-4-2-8-23-10-14;/h1,3,5,9,11-12,14,23H,2,4,6-8,10H2,(H,25,27);1H. The lowest BCUT2D eigenvalue weighted by atomic mass is 10.1. The van der Waals surface area contributed by atoms with Gasteiger partial charge in [0.15, 0.2) is 0 Å². The van der Waals surface area contributed by atoms with Crippen molar-refractivity contribution in [2.45, 2.75) is 43.8 Å². The summed E-state index contributed by atoms with van der Waals surface area (Å²) in [5, 5.41) is 10.5. The summed E-state index contributed by atoms with van der Waals surface area (Å²) in [4.78, 5) is 12.8. The van der Waals surface area contributed by atoms with Crippen molar-refractivity contribution in [3.8, 4) is 5.69 Å². The molecule has 2 aromatic rings. The van der Waals surface area contributed by atoms with Gasteiger partial charge in [-0.15, -0.1) is 12.4 Å². The predicted octanol–water partition coefficient (Wildman–Crippen LogP) is 3.67. The second-order valence-corrected chi connectivity index (χ2v) is 7.19. The van der Waals surface area contributed by atoms with Crippen LogP contribution >= 0.6 is 12.4 Å². The third-order valence-corrected chi connectivity index (χ3v) is 5.07. The van der Waals surface area contributed by atoms with Crippen molar-refractivity contribution in [2.75, 3.05) is 13.1 Å². The average molecular weight is 415 g/mol. The molecule has 0 bridgehead atoms.